The van der Waals surface area contributed by atoms with Gasteiger partial charge in [0.15, 0.2) is 19.0 Å². The molecule has 0 saturated heterocycles. The normalized spacial score (nSPS) is 9.87. The summed E-state index contributed by atoms with van der Waals surface area (Å²) in [6, 6.07) is 3.74. The summed E-state index contributed by atoms with van der Waals surface area (Å²) in [5.41, 5.74) is 0. The lowest BCUT2D eigenvalue weighted by Gasteiger charge is -2.04. The fourth-order valence-electron chi connectivity index (χ4n) is 1.67. The van der Waals surface area contributed by atoms with Crippen LogP contribution in [0.25, 0.3) is 0 Å². The number of aliphatic hydroxyl groups is 1. The van der Waals surface area contributed by atoms with Crippen molar-refractivity contribution in [2.24, 2.45) is 0 Å². The first-order chi connectivity index (χ1) is 11.3. The van der Waals surface area contributed by atoms with E-state index in [1.807, 2.05) is 24.5 Å². The molecule has 9 heteroatoms. The Morgan fingerprint density at radius 3 is 2.74 bits per heavy atom. The molecule has 126 valence electrons. The van der Waals surface area contributed by atoms with Crippen LogP contribution in [-0.4, -0.2) is 49.9 Å². The number of rotatable bonds is 8. The molecular weight excluding hydrogens is 318 g/mol. The number of hydrogen-bond donors (Lipinski definition) is 1. The molecule has 2 aromatic heterocycles. The van der Waals surface area contributed by atoms with Gasteiger partial charge in [0, 0.05) is 31.4 Å². The molecule has 0 aliphatic carbocycles. The van der Waals surface area contributed by atoms with Crippen molar-refractivity contribution in [1.82, 2.24) is 20.2 Å². The van der Waals surface area contributed by atoms with Gasteiger partial charge in [-0.1, -0.05) is 18.7 Å². The summed E-state index contributed by atoms with van der Waals surface area (Å²) in [4.78, 5) is 11.7. The van der Waals surface area contributed by atoms with Gasteiger partial charge in [0.25, 0.3) is 0 Å². The third-order valence-electron chi connectivity index (χ3n) is 2.67. The zero-order valence-corrected chi connectivity index (χ0v) is 14.1. The second-order valence-corrected chi connectivity index (χ2v) is 5.51. The minimum Gasteiger partial charge on any atom is -0.484 e. The molecule has 8 nitrogen and oxygen atoms in total. The highest BCUT2D eigenvalue weighted by Gasteiger charge is 2.06. The van der Waals surface area contributed by atoms with Gasteiger partial charge in [0.05, 0.1) is 6.54 Å². The van der Waals surface area contributed by atoms with E-state index >= 15 is 0 Å². The van der Waals surface area contributed by atoms with Gasteiger partial charge >= 0.3 is 0 Å². The molecule has 0 atom stereocenters. The second kappa shape index (κ2) is 11.6. The van der Waals surface area contributed by atoms with Crippen molar-refractivity contribution in [3.63, 3.8) is 0 Å². The van der Waals surface area contributed by atoms with Crippen molar-refractivity contribution >= 4 is 16.9 Å². The first-order valence-corrected chi connectivity index (χ1v) is 8.19. The van der Waals surface area contributed by atoms with Gasteiger partial charge < -0.3 is 9.84 Å². The predicted octanol–water partition coefficient (Wildman–Crippen LogP) is 0.318. The SMILES string of the molecule is CCC[n+]1ccc(OCC(=O)SCCn2cnnn2)cc1.CO. The van der Waals surface area contributed by atoms with Crippen LogP contribution in [0.15, 0.2) is 30.9 Å². The van der Waals surface area contributed by atoms with E-state index in [1.54, 1.807) is 4.68 Å². The molecule has 2 rings (SSSR count). The summed E-state index contributed by atoms with van der Waals surface area (Å²) in [5, 5.41) is 17.8. The van der Waals surface area contributed by atoms with Crippen molar-refractivity contribution in [1.29, 1.82) is 0 Å². The van der Waals surface area contributed by atoms with E-state index in [0.717, 1.165) is 20.1 Å². The van der Waals surface area contributed by atoms with Crippen molar-refractivity contribution in [2.45, 2.75) is 26.4 Å². The molecule has 0 aliphatic rings. The lowest BCUT2D eigenvalue weighted by Crippen LogP contribution is -2.31. The summed E-state index contributed by atoms with van der Waals surface area (Å²) in [7, 11) is 1.00. The molecule has 0 amide bonds. The van der Waals surface area contributed by atoms with Crippen LogP contribution in [0.3, 0.4) is 0 Å². The van der Waals surface area contributed by atoms with Crippen LogP contribution in [0.1, 0.15) is 13.3 Å². The topological polar surface area (TPSA) is 94.0 Å². The maximum atomic E-state index is 11.7. The highest BCUT2D eigenvalue weighted by atomic mass is 32.2. The van der Waals surface area contributed by atoms with Gasteiger partial charge in [-0.05, 0) is 10.4 Å². The van der Waals surface area contributed by atoms with Crippen LogP contribution in [0.2, 0.25) is 0 Å². The molecule has 0 unspecified atom stereocenters. The summed E-state index contributed by atoms with van der Waals surface area (Å²) in [6.07, 6.45) is 6.51. The molecule has 1 N–H and O–H groups in total. The first-order valence-electron chi connectivity index (χ1n) is 7.21. The number of aryl methyl sites for hydroxylation is 2. The number of ether oxygens (including phenoxy) is 1. The molecule has 0 saturated carbocycles. The molecule has 2 aromatic rings. The molecule has 23 heavy (non-hydrogen) atoms. The van der Waals surface area contributed by atoms with E-state index in [0.29, 0.717) is 18.0 Å². The third-order valence-corrected chi connectivity index (χ3v) is 3.50. The van der Waals surface area contributed by atoms with Gasteiger partial charge in [-0.15, -0.1) is 5.10 Å². The molecule has 0 aliphatic heterocycles. The van der Waals surface area contributed by atoms with E-state index in [-0.39, 0.29) is 11.7 Å². The first kappa shape index (κ1) is 19.0. The smallest absolute Gasteiger partial charge is 0.226 e. The maximum absolute atomic E-state index is 11.7. The number of nitrogens with zero attached hydrogens (tertiary/aromatic N) is 5. The van der Waals surface area contributed by atoms with Crippen molar-refractivity contribution in [3.05, 3.63) is 30.9 Å². The van der Waals surface area contributed by atoms with E-state index in [1.165, 1.54) is 18.1 Å². The Kier molecular flexibility index (Phi) is 9.57. The van der Waals surface area contributed by atoms with E-state index < -0.39 is 0 Å². The van der Waals surface area contributed by atoms with E-state index in [9.17, 15) is 4.79 Å². The molecule has 2 heterocycles. The van der Waals surface area contributed by atoms with Crippen molar-refractivity contribution in [2.75, 3.05) is 19.5 Å². The average molecular weight is 340 g/mol. The number of carbonyl (C=O) groups excluding carboxylic acids is 1. The number of tetrazole rings is 1. The van der Waals surface area contributed by atoms with Gasteiger partial charge in [0.2, 0.25) is 5.12 Å². The molecule has 0 aromatic carbocycles. The fourth-order valence-corrected chi connectivity index (χ4v) is 2.32. The van der Waals surface area contributed by atoms with Crippen LogP contribution >= 0.6 is 11.8 Å². The van der Waals surface area contributed by atoms with Crippen molar-refractivity contribution < 1.29 is 19.2 Å². The van der Waals surface area contributed by atoms with Crippen LogP contribution in [0.4, 0.5) is 0 Å². The second-order valence-electron chi connectivity index (χ2n) is 4.35. The Bertz CT molecular complexity index is 548. The fraction of sp³-hybridized carbons (Fsp3) is 0.500. The molecule has 0 spiro atoms. The Balaban J connectivity index is 0.00000127. The number of aromatic nitrogens is 5. The highest BCUT2D eigenvalue weighted by molar-refractivity contribution is 8.13. The molecular formula is C14H22N5O3S+. The average Bonchev–Trinajstić information content (AvgIpc) is 3.10. The van der Waals surface area contributed by atoms with Crippen LogP contribution in [-0.2, 0) is 17.9 Å². The van der Waals surface area contributed by atoms with Gasteiger partial charge in [-0.2, -0.15) is 0 Å². The van der Waals surface area contributed by atoms with E-state index in [2.05, 4.69) is 27.0 Å². The van der Waals surface area contributed by atoms with Crippen LogP contribution < -0.4 is 9.30 Å². The molecule has 0 fully saturated rings. The Labute approximate surface area is 139 Å². The minimum absolute atomic E-state index is 0.00615. The van der Waals surface area contributed by atoms with E-state index in [4.69, 9.17) is 9.84 Å². The largest absolute Gasteiger partial charge is 0.484 e. The number of carbonyl (C=O) groups is 1. The summed E-state index contributed by atoms with van der Waals surface area (Å²) >= 11 is 1.22. The monoisotopic (exact) mass is 340 g/mol. The number of pyridine rings is 1. The third kappa shape index (κ3) is 7.71. The lowest BCUT2D eigenvalue weighted by atomic mass is 10.4. The van der Waals surface area contributed by atoms with Gasteiger partial charge in [-0.25, -0.2) is 9.25 Å². The minimum atomic E-state index is -0.00615. The summed E-state index contributed by atoms with van der Waals surface area (Å²) in [5.74, 6) is 1.33. The van der Waals surface area contributed by atoms with Crippen LogP contribution in [0.5, 0.6) is 5.75 Å². The Morgan fingerprint density at radius 1 is 1.39 bits per heavy atom. The predicted molar refractivity (Wildman–Crippen MR) is 85.8 cm³/mol. The number of aliphatic hydroxyl groups excluding tert-OH is 1. The zero-order chi connectivity index (χ0) is 16.9. The zero-order valence-electron chi connectivity index (χ0n) is 13.3. The quantitative estimate of drug-likeness (QED) is 0.692. The Morgan fingerprint density at radius 2 is 2.13 bits per heavy atom. The number of thioether (sulfide) groups is 1. The van der Waals surface area contributed by atoms with Crippen LogP contribution in [0, 0.1) is 0 Å². The molecule has 0 radical (unpaired) electrons. The maximum Gasteiger partial charge on any atom is 0.226 e. The van der Waals surface area contributed by atoms with Crippen molar-refractivity contribution in [3.8, 4) is 5.75 Å². The summed E-state index contributed by atoms with van der Waals surface area (Å²) in [6.45, 7) is 3.78. The standard InChI is InChI=1S/C13H18N5O2S.CH4O/c1-2-5-17-6-3-12(4-7-17)20-10-13(19)21-9-8-18-11-14-15-16-18;1-2/h3-4,6-7,11H,2,5,8-10H2,1H3;2H,1H3/q+1;. The highest BCUT2D eigenvalue weighted by Crippen LogP contribution is 2.09. The molecule has 0 bridgehead atoms. The lowest BCUT2D eigenvalue weighted by molar-refractivity contribution is -0.697. The summed E-state index contributed by atoms with van der Waals surface area (Å²) < 4.78 is 9.12. The number of hydrogen-bond acceptors (Lipinski definition) is 7. The van der Waals surface area contributed by atoms with Gasteiger partial charge in [-0.3, -0.25) is 4.79 Å². The van der Waals surface area contributed by atoms with Gasteiger partial charge in [0.1, 0.15) is 18.6 Å². The Hall–Kier alpha value is -2.00.